The molecule has 0 saturated carbocycles. The molecule has 0 atom stereocenters. The number of carbonyl (C=O) groups is 2. The number of urea groups is 1. The van der Waals surface area contributed by atoms with E-state index in [0.29, 0.717) is 46.8 Å². The summed E-state index contributed by atoms with van der Waals surface area (Å²) in [4.78, 5) is 28.1. The lowest BCUT2D eigenvalue weighted by molar-refractivity contribution is -0.116. The van der Waals surface area contributed by atoms with Gasteiger partial charge in [0.2, 0.25) is 5.91 Å². The van der Waals surface area contributed by atoms with Crippen LogP contribution in [-0.2, 0) is 4.79 Å². The highest BCUT2D eigenvalue weighted by molar-refractivity contribution is 6.32. The normalized spacial score (nSPS) is 10.8. The number of ether oxygens (including phenoxy) is 1. The minimum Gasteiger partial charge on any atom is -0.492 e. The number of hydrogen-bond donors (Lipinski definition) is 2. The number of benzene rings is 3. The van der Waals surface area contributed by atoms with Gasteiger partial charge in [0.15, 0.2) is 0 Å². The van der Waals surface area contributed by atoms with E-state index in [4.69, 9.17) is 21.4 Å². The molecule has 0 spiro atoms. The number of nitrogens with one attached hydrogen (secondary N) is 2. The summed E-state index contributed by atoms with van der Waals surface area (Å²) in [7, 11) is 0. The second-order valence-electron chi connectivity index (χ2n) is 9.33. The smallest absolute Gasteiger partial charge is 0.322 e. The van der Waals surface area contributed by atoms with E-state index in [2.05, 4.69) is 10.6 Å². The molecule has 4 rings (SSSR count). The summed E-state index contributed by atoms with van der Waals surface area (Å²) in [6.07, 6.45) is 0. The van der Waals surface area contributed by atoms with Crippen LogP contribution in [0.15, 0.2) is 84.9 Å². The number of anilines is 2. The van der Waals surface area contributed by atoms with Crippen molar-refractivity contribution in [2.75, 3.05) is 30.3 Å². The average Bonchev–Trinajstić information content (AvgIpc) is 3.33. The van der Waals surface area contributed by atoms with Crippen molar-refractivity contribution in [3.05, 3.63) is 90.0 Å². The van der Waals surface area contributed by atoms with Gasteiger partial charge in [0.05, 0.1) is 28.7 Å². The van der Waals surface area contributed by atoms with Gasteiger partial charge in [-0.2, -0.15) is 5.10 Å². The van der Waals surface area contributed by atoms with Gasteiger partial charge in [-0.1, -0.05) is 80.0 Å². The second kappa shape index (κ2) is 13.0. The van der Waals surface area contributed by atoms with E-state index in [1.165, 1.54) is 4.90 Å². The number of hydrogen-bond acceptors (Lipinski definition) is 4. The van der Waals surface area contributed by atoms with Crippen LogP contribution in [0.3, 0.4) is 0 Å². The minimum absolute atomic E-state index is 0.143. The molecule has 0 saturated heterocycles. The standard InChI is InChI=1S/C30H32ClN5O3/c1-4-39-27-17-11-9-15-24(27)32-30(38)35(19-21(2)3)20-29(37)33-28-18-25(22-12-6-5-7-13-22)34-36(28)26-16-10-8-14-23(26)31/h5-18,21H,4,19-20H2,1-3H3,(H,32,38)(H,33,37). The first-order valence-electron chi connectivity index (χ1n) is 12.8. The number of halogens is 1. The third kappa shape index (κ3) is 7.18. The van der Waals surface area contributed by atoms with Gasteiger partial charge in [-0.15, -0.1) is 0 Å². The molecule has 0 aliphatic carbocycles. The van der Waals surface area contributed by atoms with E-state index in [0.717, 1.165) is 5.56 Å². The van der Waals surface area contributed by atoms with Crippen molar-refractivity contribution in [2.24, 2.45) is 5.92 Å². The fraction of sp³-hybridized carbons (Fsp3) is 0.233. The van der Waals surface area contributed by atoms with Gasteiger partial charge in [0, 0.05) is 18.2 Å². The van der Waals surface area contributed by atoms with Crippen LogP contribution in [0.5, 0.6) is 5.75 Å². The SMILES string of the molecule is CCOc1ccccc1NC(=O)N(CC(=O)Nc1cc(-c2ccccc2)nn1-c1ccccc1Cl)CC(C)C. The van der Waals surface area contributed by atoms with Crippen molar-refractivity contribution in [1.82, 2.24) is 14.7 Å². The second-order valence-corrected chi connectivity index (χ2v) is 9.73. The summed E-state index contributed by atoms with van der Waals surface area (Å²) in [5.74, 6) is 0.790. The number of carbonyl (C=O) groups excluding carboxylic acids is 2. The van der Waals surface area contributed by atoms with Gasteiger partial charge in [-0.05, 0) is 37.1 Å². The monoisotopic (exact) mass is 545 g/mol. The topological polar surface area (TPSA) is 88.5 Å². The van der Waals surface area contributed by atoms with Crippen molar-refractivity contribution < 1.29 is 14.3 Å². The zero-order chi connectivity index (χ0) is 27.8. The molecule has 3 amide bonds. The predicted octanol–water partition coefficient (Wildman–Crippen LogP) is 6.72. The quantitative estimate of drug-likeness (QED) is 0.231. The minimum atomic E-state index is -0.393. The highest BCUT2D eigenvalue weighted by atomic mass is 35.5. The Morgan fingerprint density at radius 1 is 0.974 bits per heavy atom. The molecule has 0 radical (unpaired) electrons. The summed E-state index contributed by atoms with van der Waals surface area (Å²) >= 11 is 6.47. The molecule has 0 fully saturated rings. The Morgan fingerprint density at radius 2 is 1.67 bits per heavy atom. The van der Waals surface area contributed by atoms with Crippen LogP contribution in [-0.4, -0.2) is 46.3 Å². The summed E-state index contributed by atoms with van der Waals surface area (Å²) in [5, 5.41) is 11.0. The van der Waals surface area contributed by atoms with Crippen molar-refractivity contribution in [3.63, 3.8) is 0 Å². The Labute approximate surface area is 233 Å². The maximum Gasteiger partial charge on any atom is 0.322 e. The molecule has 1 aromatic heterocycles. The number of nitrogens with zero attached hydrogens (tertiary/aromatic N) is 3. The van der Waals surface area contributed by atoms with Gasteiger partial charge in [0.1, 0.15) is 18.1 Å². The van der Waals surface area contributed by atoms with Gasteiger partial charge in [0.25, 0.3) is 0 Å². The van der Waals surface area contributed by atoms with Gasteiger partial charge in [-0.3, -0.25) is 4.79 Å². The molecular weight excluding hydrogens is 514 g/mol. The highest BCUT2D eigenvalue weighted by Gasteiger charge is 2.22. The van der Waals surface area contributed by atoms with Crippen LogP contribution in [0.25, 0.3) is 16.9 Å². The van der Waals surface area contributed by atoms with Crippen molar-refractivity contribution in [1.29, 1.82) is 0 Å². The molecule has 39 heavy (non-hydrogen) atoms. The molecule has 9 heteroatoms. The lowest BCUT2D eigenvalue weighted by atomic mass is 10.1. The van der Waals surface area contributed by atoms with Crippen LogP contribution in [0, 0.1) is 5.92 Å². The predicted molar refractivity (Wildman–Crippen MR) is 156 cm³/mol. The van der Waals surface area contributed by atoms with Crippen molar-refractivity contribution >= 4 is 35.0 Å². The summed E-state index contributed by atoms with van der Waals surface area (Å²) in [6, 6.07) is 25.6. The summed E-state index contributed by atoms with van der Waals surface area (Å²) in [6.45, 7) is 6.56. The fourth-order valence-electron chi connectivity index (χ4n) is 4.09. The Balaban J connectivity index is 1.57. The largest absolute Gasteiger partial charge is 0.492 e. The highest BCUT2D eigenvalue weighted by Crippen LogP contribution is 2.28. The van der Waals surface area contributed by atoms with Crippen molar-refractivity contribution in [2.45, 2.75) is 20.8 Å². The molecule has 0 unspecified atom stereocenters. The molecule has 0 aliphatic rings. The first kappa shape index (κ1) is 27.7. The number of para-hydroxylation sites is 3. The number of aromatic nitrogens is 2. The molecule has 2 N–H and O–H groups in total. The lowest BCUT2D eigenvalue weighted by Gasteiger charge is -2.25. The van der Waals surface area contributed by atoms with Gasteiger partial charge in [-0.25, -0.2) is 9.48 Å². The Hall–Kier alpha value is -4.30. The molecule has 1 heterocycles. The van der Waals surface area contributed by atoms with E-state index < -0.39 is 6.03 Å². The Morgan fingerprint density at radius 3 is 2.38 bits per heavy atom. The average molecular weight is 546 g/mol. The first-order valence-corrected chi connectivity index (χ1v) is 13.2. The summed E-state index contributed by atoms with van der Waals surface area (Å²) < 4.78 is 7.23. The zero-order valence-corrected chi connectivity index (χ0v) is 23.0. The van der Waals surface area contributed by atoms with E-state index in [-0.39, 0.29) is 18.4 Å². The maximum absolute atomic E-state index is 13.3. The molecule has 0 bridgehead atoms. The Bertz CT molecular complexity index is 1420. The molecule has 202 valence electrons. The number of rotatable bonds is 10. The van der Waals surface area contributed by atoms with E-state index >= 15 is 0 Å². The molecule has 0 aliphatic heterocycles. The van der Waals surface area contributed by atoms with Gasteiger partial charge >= 0.3 is 6.03 Å². The lowest BCUT2D eigenvalue weighted by Crippen LogP contribution is -2.42. The van der Waals surface area contributed by atoms with Crippen LogP contribution >= 0.6 is 11.6 Å². The van der Waals surface area contributed by atoms with E-state index in [1.54, 1.807) is 28.9 Å². The first-order chi connectivity index (χ1) is 18.9. The molecule has 8 nitrogen and oxygen atoms in total. The van der Waals surface area contributed by atoms with Crippen LogP contribution in [0.2, 0.25) is 5.02 Å². The maximum atomic E-state index is 13.3. The zero-order valence-electron chi connectivity index (χ0n) is 22.2. The molecular formula is C30H32ClN5O3. The van der Waals surface area contributed by atoms with E-state index in [9.17, 15) is 9.59 Å². The molecule has 4 aromatic rings. The van der Waals surface area contributed by atoms with E-state index in [1.807, 2.05) is 81.4 Å². The van der Waals surface area contributed by atoms with Gasteiger partial charge < -0.3 is 20.3 Å². The summed E-state index contributed by atoms with van der Waals surface area (Å²) in [5.41, 5.74) is 2.74. The number of amides is 3. The third-order valence-electron chi connectivity index (χ3n) is 5.76. The van der Waals surface area contributed by atoms with Crippen LogP contribution in [0.4, 0.5) is 16.3 Å². The Kier molecular flexibility index (Phi) is 9.22. The molecule has 3 aromatic carbocycles. The fourth-order valence-corrected chi connectivity index (χ4v) is 4.30. The third-order valence-corrected chi connectivity index (χ3v) is 6.08. The van der Waals surface area contributed by atoms with Crippen molar-refractivity contribution in [3.8, 4) is 22.7 Å². The van der Waals surface area contributed by atoms with Crippen LogP contribution in [0.1, 0.15) is 20.8 Å². The van der Waals surface area contributed by atoms with Crippen LogP contribution < -0.4 is 15.4 Å².